The zero-order valence-electron chi connectivity index (χ0n) is 13.5. The van der Waals surface area contributed by atoms with Crippen molar-refractivity contribution in [1.29, 1.82) is 5.26 Å². The number of hydrogen-bond acceptors (Lipinski definition) is 4. The number of benzene rings is 2. The van der Waals surface area contributed by atoms with E-state index >= 15 is 0 Å². The number of rotatable bonds is 5. The minimum Gasteiger partial charge on any atom is -0.493 e. The summed E-state index contributed by atoms with van der Waals surface area (Å²) < 4.78 is 24.1. The summed E-state index contributed by atoms with van der Waals surface area (Å²) in [5, 5.41) is 11.9. The average molecular weight is 361 g/mol. The van der Waals surface area contributed by atoms with Gasteiger partial charge in [-0.15, -0.1) is 0 Å². The second-order valence-corrected chi connectivity index (χ2v) is 5.24. The number of nitrogens with one attached hydrogen (secondary N) is 1. The lowest BCUT2D eigenvalue weighted by Crippen LogP contribution is -2.13. The van der Waals surface area contributed by atoms with E-state index in [1.54, 1.807) is 24.3 Å². The monoisotopic (exact) mass is 360 g/mol. The molecular formula is C18H14ClFN2O3. The molecule has 0 saturated carbocycles. The minimum atomic E-state index is -0.700. The molecule has 2 rings (SSSR count). The smallest absolute Gasteiger partial charge is 0.266 e. The van der Waals surface area contributed by atoms with Crippen LogP contribution < -0.4 is 14.8 Å². The SMILES string of the molecule is COc1ccc(NC(=O)/C(C#N)=C/c2c(F)cccc2Cl)cc1OC. The molecule has 0 unspecified atom stereocenters. The molecule has 0 atom stereocenters. The number of ether oxygens (including phenoxy) is 2. The fraction of sp³-hybridized carbons (Fsp3) is 0.111. The quantitative estimate of drug-likeness (QED) is 0.645. The van der Waals surface area contributed by atoms with E-state index in [4.69, 9.17) is 21.1 Å². The predicted octanol–water partition coefficient (Wildman–Crippen LogP) is 4.04. The summed E-state index contributed by atoms with van der Waals surface area (Å²) in [6.07, 6.45) is 1.10. The van der Waals surface area contributed by atoms with E-state index in [9.17, 15) is 14.4 Å². The van der Waals surface area contributed by atoms with E-state index in [0.717, 1.165) is 6.08 Å². The van der Waals surface area contributed by atoms with Crippen molar-refractivity contribution >= 4 is 29.3 Å². The van der Waals surface area contributed by atoms with Crippen molar-refractivity contribution in [2.45, 2.75) is 0 Å². The van der Waals surface area contributed by atoms with E-state index in [-0.39, 0.29) is 16.2 Å². The Morgan fingerprint density at radius 3 is 2.56 bits per heavy atom. The van der Waals surface area contributed by atoms with Gasteiger partial charge in [0.25, 0.3) is 5.91 Å². The predicted molar refractivity (Wildman–Crippen MR) is 93.2 cm³/mol. The van der Waals surface area contributed by atoms with Crippen LogP contribution in [0.4, 0.5) is 10.1 Å². The molecule has 0 bridgehead atoms. The first-order valence-electron chi connectivity index (χ1n) is 7.09. The summed E-state index contributed by atoms with van der Waals surface area (Å²) in [4.78, 5) is 12.3. The van der Waals surface area contributed by atoms with E-state index in [1.807, 2.05) is 0 Å². The molecular weight excluding hydrogens is 347 g/mol. The maximum Gasteiger partial charge on any atom is 0.266 e. The van der Waals surface area contributed by atoms with Crippen LogP contribution in [0.5, 0.6) is 11.5 Å². The van der Waals surface area contributed by atoms with Crippen molar-refractivity contribution in [2.24, 2.45) is 0 Å². The van der Waals surface area contributed by atoms with Crippen molar-refractivity contribution in [1.82, 2.24) is 0 Å². The lowest BCUT2D eigenvalue weighted by molar-refractivity contribution is -0.112. The van der Waals surface area contributed by atoms with Crippen LogP contribution in [-0.2, 0) is 4.79 Å². The highest BCUT2D eigenvalue weighted by molar-refractivity contribution is 6.32. The molecule has 5 nitrogen and oxygen atoms in total. The molecule has 2 aromatic carbocycles. The van der Waals surface area contributed by atoms with Crippen molar-refractivity contribution in [3.8, 4) is 17.6 Å². The van der Waals surface area contributed by atoms with E-state index in [1.165, 1.54) is 32.4 Å². The highest BCUT2D eigenvalue weighted by atomic mass is 35.5. The number of nitriles is 1. The summed E-state index contributed by atoms with van der Waals surface area (Å²) in [7, 11) is 2.95. The van der Waals surface area contributed by atoms with E-state index in [0.29, 0.717) is 17.2 Å². The maximum atomic E-state index is 13.8. The number of nitrogens with zero attached hydrogens (tertiary/aromatic N) is 1. The second-order valence-electron chi connectivity index (χ2n) is 4.83. The molecule has 0 aliphatic heterocycles. The fourth-order valence-corrected chi connectivity index (χ4v) is 2.27. The summed E-state index contributed by atoms with van der Waals surface area (Å²) in [6, 6.07) is 10.6. The van der Waals surface area contributed by atoms with Crippen LogP contribution in [0.2, 0.25) is 5.02 Å². The lowest BCUT2D eigenvalue weighted by atomic mass is 10.1. The number of amides is 1. The third-order valence-electron chi connectivity index (χ3n) is 3.29. The Kier molecular flexibility index (Phi) is 5.98. The number of carbonyl (C=O) groups is 1. The first-order valence-corrected chi connectivity index (χ1v) is 7.47. The van der Waals surface area contributed by atoms with Crippen LogP contribution in [-0.4, -0.2) is 20.1 Å². The number of halogens is 2. The van der Waals surface area contributed by atoms with Crippen LogP contribution in [0.15, 0.2) is 42.0 Å². The molecule has 128 valence electrons. The molecule has 0 saturated heterocycles. The Labute approximate surface area is 149 Å². The van der Waals surface area contributed by atoms with Gasteiger partial charge in [-0.1, -0.05) is 17.7 Å². The maximum absolute atomic E-state index is 13.8. The molecule has 0 spiro atoms. The molecule has 0 radical (unpaired) electrons. The summed E-state index contributed by atoms with van der Waals surface area (Å²) in [5.41, 5.74) is 0.0772. The molecule has 0 aliphatic carbocycles. The summed E-state index contributed by atoms with van der Waals surface area (Å²) in [6.45, 7) is 0. The van der Waals surface area contributed by atoms with Crippen LogP contribution in [0, 0.1) is 17.1 Å². The molecule has 7 heteroatoms. The Morgan fingerprint density at radius 1 is 1.24 bits per heavy atom. The van der Waals surface area contributed by atoms with Gasteiger partial charge in [0.05, 0.1) is 19.2 Å². The highest BCUT2D eigenvalue weighted by Gasteiger charge is 2.14. The first-order chi connectivity index (χ1) is 12.0. The van der Waals surface area contributed by atoms with Gasteiger partial charge in [0.1, 0.15) is 17.5 Å². The number of carbonyl (C=O) groups excluding carboxylic acids is 1. The highest BCUT2D eigenvalue weighted by Crippen LogP contribution is 2.30. The lowest BCUT2D eigenvalue weighted by Gasteiger charge is -2.10. The Balaban J connectivity index is 2.30. The van der Waals surface area contributed by atoms with Crippen LogP contribution in [0.25, 0.3) is 6.08 Å². The van der Waals surface area contributed by atoms with Gasteiger partial charge in [-0.3, -0.25) is 4.79 Å². The second kappa shape index (κ2) is 8.18. The van der Waals surface area contributed by atoms with Crippen molar-refractivity contribution in [2.75, 3.05) is 19.5 Å². The molecule has 0 aromatic heterocycles. The standard InChI is InChI=1S/C18H14ClFN2O3/c1-24-16-7-6-12(9-17(16)25-2)22-18(23)11(10-21)8-13-14(19)4-3-5-15(13)20/h3-9H,1-2H3,(H,22,23)/b11-8+. The number of hydrogen-bond donors (Lipinski definition) is 1. The van der Waals surface area contributed by atoms with Gasteiger partial charge in [-0.05, 0) is 30.3 Å². The van der Waals surface area contributed by atoms with Crippen LogP contribution >= 0.6 is 11.6 Å². The van der Waals surface area contributed by atoms with Gasteiger partial charge in [0, 0.05) is 17.3 Å². The van der Waals surface area contributed by atoms with Crippen LogP contribution in [0.1, 0.15) is 5.56 Å². The van der Waals surface area contributed by atoms with Crippen molar-refractivity contribution < 1.29 is 18.7 Å². The van der Waals surface area contributed by atoms with Gasteiger partial charge in [0.15, 0.2) is 11.5 Å². The van der Waals surface area contributed by atoms with Gasteiger partial charge in [0.2, 0.25) is 0 Å². The third-order valence-corrected chi connectivity index (χ3v) is 3.62. The Hall–Kier alpha value is -3.04. The van der Waals surface area contributed by atoms with Gasteiger partial charge < -0.3 is 14.8 Å². The van der Waals surface area contributed by atoms with Gasteiger partial charge in [-0.25, -0.2) is 4.39 Å². The van der Waals surface area contributed by atoms with Crippen molar-refractivity contribution in [3.05, 3.63) is 58.4 Å². The zero-order valence-corrected chi connectivity index (χ0v) is 14.2. The largest absolute Gasteiger partial charge is 0.493 e. The molecule has 1 amide bonds. The third kappa shape index (κ3) is 4.28. The Bertz CT molecular complexity index is 855. The first kappa shape index (κ1) is 18.3. The number of methoxy groups -OCH3 is 2. The minimum absolute atomic E-state index is 0.0248. The van der Waals surface area contributed by atoms with Gasteiger partial charge in [-0.2, -0.15) is 5.26 Å². The zero-order chi connectivity index (χ0) is 18.4. The molecule has 0 aliphatic rings. The average Bonchev–Trinajstić information content (AvgIpc) is 2.61. The summed E-state index contributed by atoms with van der Waals surface area (Å²) in [5.74, 6) is -0.414. The molecule has 1 N–H and O–H groups in total. The topological polar surface area (TPSA) is 71.3 Å². The summed E-state index contributed by atoms with van der Waals surface area (Å²) >= 11 is 5.91. The van der Waals surface area contributed by atoms with E-state index in [2.05, 4.69) is 5.32 Å². The number of anilines is 1. The Morgan fingerprint density at radius 2 is 1.96 bits per heavy atom. The molecule has 2 aromatic rings. The molecule has 0 heterocycles. The normalized spacial score (nSPS) is 10.8. The van der Waals surface area contributed by atoms with Crippen LogP contribution in [0.3, 0.4) is 0 Å². The fourth-order valence-electron chi connectivity index (χ4n) is 2.05. The van der Waals surface area contributed by atoms with E-state index < -0.39 is 11.7 Å². The molecule has 25 heavy (non-hydrogen) atoms. The van der Waals surface area contributed by atoms with Gasteiger partial charge >= 0.3 is 0 Å². The molecule has 0 fully saturated rings. The van der Waals surface area contributed by atoms with Crippen molar-refractivity contribution in [3.63, 3.8) is 0 Å².